The fourth-order valence-corrected chi connectivity index (χ4v) is 2.49. The van der Waals surface area contributed by atoms with Crippen LogP contribution in [-0.2, 0) is 0 Å². The van der Waals surface area contributed by atoms with Crippen molar-refractivity contribution in [2.24, 2.45) is 0 Å². The van der Waals surface area contributed by atoms with Crippen molar-refractivity contribution in [1.82, 2.24) is 15.3 Å². The van der Waals surface area contributed by atoms with Crippen LogP contribution in [0, 0.1) is 12.3 Å². The van der Waals surface area contributed by atoms with E-state index >= 15 is 0 Å². The number of nitrogens with zero attached hydrogens (tertiary/aromatic N) is 1. The van der Waals surface area contributed by atoms with E-state index < -0.39 is 0 Å². The lowest BCUT2D eigenvalue weighted by Crippen LogP contribution is -2.24. The van der Waals surface area contributed by atoms with Gasteiger partial charge in [0.25, 0.3) is 0 Å². The minimum Gasteiger partial charge on any atom is -0.496 e. The van der Waals surface area contributed by atoms with E-state index in [0.717, 1.165) is 16.6 Å². The zero-order valence-electron chi connectivity index (χ0n) is 14.4. The van der Waals surface area contributed by atoms with Crippen LogP contribution in [0.4, 0.5) is 10.5 Å². The molecule has 7 heteroatoms. The number of anilines is 1. The molecule has 0 aliphatic rings. The normalized spacial score (nSPS) is 10.2. The van der Waals surface area contributed by atoms with Gasteiger partial charge >= 0.3 is 6.03 Å². The van der Waals surface area contributed by atoms with E-state index in [1.807, 2.05) is 18.2 Å². The third-order valence-corrected chi connectivity index (χ3v) is 3.72. The highest BCUT2D eigenvalue weighted by molar-refractivity contribution is 5.92. The molecule has 0 saturated carbocycles. The van der Waals surface area contributed by atoms with Crippen molar-refractivity contribution in [3.63, 3.8) is 0 Å². The molecule has 2 aromatic carbocycles. The van der Waals surface area contributed by atoms with Gasteiger partial charge in [-0.3, -0.25) is 0 Å². The molecule has 0 radical (unpaired) electrons. The number of rotatable bonds is 5. The fourth-order valence-electron chi connectivity index (χ4n) is 2.49. The van der Waals surface area contributed by atoms with Crippen LogP contribution in [0.2, 0.25) is 0 Å². The number of imidazole rings is 1. The van der Waals surface area contributed by atoms with Crippen molar-refractivity contribution in [3.05, 3.63) is 36.4 Å². The second-order valence-corrected chi connectivity index (χ2v) is 5.38. The van der Waals surface area contributed by atoms with Gasteiger partial charge in [0.15, 0.2) is 0 Å². The van der Waals surface area contributed by atoms with Crippen molar-refractivity contribution in [2.75, 3.05) is 26.1 Å². The van der Waals surface area contributed by atoms with Crippen LogP contribution >= 0.6 is 0 Å². The first-order valence-corrected chi connectivity index (χ1v) is 7.87. The number of ether oxygens (including phenoxy) is 2. The summed E-state index contributed by atoms with van der Waals surface area (Å²) in [6, 6.07) is 10.6. The molecule has 0 unspecified atom stereocenters. The monoisotopic (exact) mass is 350 g/mol. The maximum Gasteiger partial charge on any atom is 0.318 e. The Kier molecular flexibility index (Phi) is 4.94. The molecule has 3 aromatic rings. The predicted molar refractivity (Wildman–Crippen MR) is 100 cm³/mol. The number of nitrogens with one attached hydrogen (secondary N) is 3. The number of terminal acetylenes is 1. The van der Waals surface area contributed by atoms with E-state index in [2.05, 4.69) is 26.5 Å². The molecule has 1 heterocycles. The maximum absolute atomic E-state index is 11.4. The maximum atomic E-state index is 11.4. The van der Waals surface area contributed by atoms with Gasteiger partial charge in [0.1, 0.15) is 23.9 Å². The number of urea groups is 1. The summed E-state index contributed by atoms with van der Waals surface area (Å²) in [6.45, 7) is 0.189. The lowest BCUT2D eigenvalue weighted by atomic mass is 10.2. The number of amides is 2. The second-order valence-electron chi connectivity index (χ2n) is 5.38. The second kappa shape index (κ2) is 7.49. The Bertz CT molecular complexity index is 988. The predicted octanol–water partition coefficient (Wildman–Crippen LogP) is 3.00. The fraction of sp³-hybridized carbons (Fsp3) is 0.158. The van der Waals surface area contributed by atoms with E-state index in [9.17, 15) is 4.79 Å². The number of carbonyl (C=O) groups is 1. The zero-order chi connectivity index (χ0) is 18.5. The number of aromatic amines is 1. The van der Waals surface area contributed by atoms with Crippen LogP contribution in [-0.4, -0.2) is 36.8 Å². The lowest BCUT2D eigenvalue weighted by molar-refractivity contribution is 0.254. The smallest absolute Gasteiger partial charge is 0.318 e. The van der Waals surface area contributed by atoms with Gasteiger partial charge in [-0.05, 0) is 30.3 Å². The number of benzene rings is 2. The van der Waals surface area contributed by atoms with E-state index in [1.165, 1.54) is 0 Å². The Balaban J connectivity index is 1.95. The first-order valence-electron chi connectivity index (χ1n) is 7.87. The minimum atomic E-state index is -0.284. The summed E-state index contributed by atoms with van der Waals surface area (Å²) >= 11 is 0. The van der Waals surface area contributed by atoms with Crippen LogP contribution in [0.5, 0.6) is 11.5 Å². The highest BCUT2D eigenvalue weighted by atomic mass is 16.5. The number of hydrogen-bond acceptors (Lipinski definition) is 4. The number of aromatic nitrogens is 2. The molecule has 0 saturated heterocycles. The number of H-pyrrole nitrogens is 1. The van der Waals surface area contributed by atoms with Crippen molar-refractivity contribution < 1.29 is 14.3 Å². The summed E-state index contributed by atoms with van der Waals surface area (Å²) in [5.41, 5.74) is 3.02. The molecule has 0 fully saturated rings. The van der Waals surface area contributed by atoms with Gasteiger partial charge in [-0.25, -0.2) is 9.78 Å². The largest absolute Gasteiger partial charge is 0.496 e. The molecule has 0 spiro atoms. The van der Waals surface area contributed by atoms with Crippen LogP contribution in [0.3, 0.4) is 0 Å². The Morgan fingerprint density at radius 2 is 2.15 bits per heavy atom. The molecule has 132 valence electrons. The molecule has 1 aromatic heterocycles. The van der Waals surface area contributed by atoms with Gasteiger partial charge in [-0.1, -0.05) is 5.92 Å². The number of methoxy groups -OCH3 is 1. The standard InChI is InChI=1S/C19H18N4O3/c1-4-9-26-13-6-7-14(17(11-13)25-3)18-22-15-8-5-12(10-16(15)23-18)21-19(24)20-2/h1,5-8,10-11H,9H2,2-3H3,(H,22,23)(H2,20,21,24). The Morgan fingerprint density at radius 3 is 2.88 bits per heavy atom. The lowest BCUT2D eigenvalue weighted by Gasteiger charge is -2.09. The molecule has 3 rings (SSSR count). The van der Waals surface area contributed by atoms with Gasteiger partial charge in [0.2, 0.25) is 0 Å². The number of carbonyl (C=O) groups excluding carboxylic acids is 1. The van der Waals surface area contributed by atoms with Gasteiger partial charge in [0.05, 0.1) is 23.7 Å². The van der Waals surface area contributed by atoms with Gasteiger partial charge < -0.3 is 25.1 Å². The number of fused-ring (bicyclic) bond motifs is 1. The number of hydrogen-bond donors (Lipinski definition) is 3. The molecule has 26 heavy (non-hydrogen) atoms. The molecular formula is C19H18N4O3. The topological polar surface area (TPSA) is 88.3 Å². The van der Waals surface area contributed by atoms with E-state index in [-0.39, 0.29) is 12.6 Å². The van der Waals surface area contributed by atoms with Gasteiger partial charge in [-0.15, -0.1) is 6.42 Å². The molecule has 0 aliphatic heterocycles. The third kappa shape index (κ3) is 3.54. The highest BCUT2D eigenvalue weighted by Gasteiger charge is 2.12. The summed E-state index contributed by atoms with van der Waals surface area (Å²) in [5, 5.41) is 5.24. The van der Waals surface area contributed by atoms with E-state index in [0.29, 0.717) is 23.0 Å². The van der Waals surface area contributed by atoms with Gasteiger partial charge in [0, 0.05) is 18.8 Å². The summed E-state index contributed by atoms with van der Waals surface area (Å²) in [6.07, 6.45) is 5.21. The van der Waals surface area contributed by atoms with Gasteiger partial charge in [-0.2, -0.15) is 0 Å². The van der Waals surface area contributed by atoms with Crippen LogP contribution in [0.15, 0.2) is 36.4 Å². The van der Waals surface area contributed by atoms with Crippen molar-refractivity contribution in [3.8, 4) is 35.2 Å². The van der Waals surface area contributed by atoms with E-state index in [1.54, 1.807) is 32.4 Å². The first kappa shape index (κ1) is 17.2. The van der Waals surface area contributed by atoms with Crippen LogP contribution in [0.25, 0.3) is 22.4 Å². The average Bonchev–Trinajstić information content (AvgIpc) is 3.09. The summed E-state index contributed by atoms with van der Waals surface area (Å²) in [5.74, 6) is 4.31. The zero-order valence-corrected chi connectivity index (χ0v) is 14.4. The first-order chi connectivity index (χ1) is 12.6. The Labute approximate surface area is 150 Å². The van der Waals surface area contributed by atoms with Crippen LogP contribution < -0.4 is 20.1 Å². The molecule has 7 nitrogen and oxygen atoms in total. The third-order valence-electron chi connectivity index (χ3n) is 3.72. The SMILES string of the molecule is C#CCOc1ccc(-c2nc3ccc(NC(=O)NC)cc3[nH]2)c(OC)c1. The summed E-state index contributed by atoms with van der Waals surface area (Å²) < 4.78 is 10.9. The van der Waals surface area contributed by atoms with Crippen LogP contribution in [0.1, 0.15) is 0 Å². The Morgan fingerprint density at radius 1 is 1.31 bits per heavy atom. The quantitative estimate of drug-likeness (QED) is 0.617. The minimum absolute atomic E-state index is 0.189. The molecule has 2 amide bonds. The summed E-state index contributed by atoms with van der Waals surface area (Å²) in [7, 11) is 3.14. The summed E-state index contributed by atoms with van der Waals surface area (Å²) in [4.78, 5) is 19.3. The van der Waals surface area contributed by atoms with E-state index in [4.69, 9.17) is 15.9 Å². The molecule has 0 aliphatic carbocycles. The van der Waals surface area contributed by atoms with Crippen molar-refractivity contribution in [1.29, 1.82) is 0 Å². The molecule has 3 N–H and O–H groups in total. The molecule has 0 bridgehead atoms. The highest BCUT2D eigenvalue weighted by Crippen LogP contribution is 2.33. The van der Waals surface area contributed by atoms with Crippen molar-refractivity contribution in [2.45, 2.75) is 0 Å². The average molecular weight is 350 g/mol. The van der Waals surface area contributed by atoms with Crippen molar-refractivity contribution >= 4 is 22.8 Å². The molecular weight excluding hydrogens is 332 g/mol. The Hall–Kier alpha value is -3.66. The molecule has 0 atom stereocenters.